The number of anilines is 3. The second-order valence-electron chi connectivity index (χ2n) is 10.3. The van der Waals surface area contributed by atoms with Gasteiger partial charge in [0.25, 0.3) is 5.56 Å². The number of hydrogen-bond acceptors (Lipinski definition) is 9. The maximum Gasteiger partial charge on any atom is 0.270 e. The van der Waals surface area contributed by atoms with Crippen molar-refractivity contribution in [3.63, 3.8) is 0 Å². The van der Waals surface area contributed by atoms with Crippen LogP contribution >= 0.6 is 0 Å². The van der Waals surface area contributed by atoms with Gasteiger partial charge in [-0.25, -0.2) is 4.98 Å². The van der Waals surface area contributed by atoms with Crippen LogP contribution in [0.3, 0.4) is 0 Å². The van der Waals surface area contributed by atoms with Crippen LogP contribution in [0.25, 0.3) is 16.6 Å². The second kappa shape index (κ2) is 11.2. The third-order valence-electron chi connectivity index (χ3n) is 7.86. The topological polar surface area (TPSA) is 125 Å². The highest BCUT2D eigenvalue weighted by atomic mass is 16.1. The predicted octanol–water partition coefficient (Wildman–Crippen LogP) is 4.00. The molecule has 40 heavy (non-hydrogen) atoms. The minimum absolute atomic E-state index is 0.0499. The zero-order valence-corrected chi connectivity index (χ0v) is 22.5. The number of aromatic nitrogens is 5. The van der Waals surface area contributed by atoms with Gasteiger partial charge in [0.05, 0.1) is 18.9 Å². The number of benzene rings is 1. The van der Waals surface area contributed by atoms with Crippen LogP contribution in [-0.4, -0.2) is 50.9 Å². The molecule has 10 nitrogen and oxygen atoms in total. The van der Waals surface area contributed by atoms with Crippen molar-refractivity contribution in [2.45, 2.75) is 44.7 Å². The Bertz CT molecular complexity index is 1660. The lowest BCUT2D eigenvalue weighted by Crippen LogP contribution is -2.41. The van der Waals surface area contributed by atoms with Crippen molar-refractivity contribution >= 4 is 33.9 Å². The number of nitrogens with one attached hydrogen (secondary N) is 2. The molecule has 1 saturated heterocycles. The van der Waals surface area contributed by atoms with Crippen LogP contribution in [-0.2, 0) is 6.54 Å². The highest BCUT2D eigenvalue weighted by Gasteiger charge is 2.19. The lowest BCUT2D eigenvalue weighted by molar-refractivity contribution is 0.443. The summed E-state index contributed by atoms with van der Waals surface area (Å²) in [6.45, 7) is 2.32. The maximum absolute atomic E-state index is 13.4. The first kappa shape index (κ1) is 25.6. The van der Waals surface area contributed by atoms with Crippen molar-refractivity contribution in [2.24, 2.45) is 0 Å². The molecule has 1 aromatic carbocycles. The van der Waals surface area contributed by atoms with Gasteiger partial charge in [-0.1, -0.05) is 6.08 Å². The Kier molecular flexibility index (Phi) is 7.21. The zero-order chi connectivity index (χ0) is 27.5. The molecule has 4 aromatic rings. The summed E-state index contributed by atoms with van der Waals surface area (Å²) in [4.78, 5) is 24.9. The van der Waals surface area contributed by atoms with E-state index in [0.717, 1.165) is 67.7 Å². The van der Waals surface area contributed by atoms with Crippen LogP contribution in [0.15, 0.2) is 59.8 Å². The highest BCUT2D eigenvalue weighted by molar-refractivity contribution is 5.78. The van der Waals surface area contributed by atoms with E-state index in [4.69, 9.17) is 4.98 Å². The second-order valence-corrected chi connectivity index (χ2v) is 10.3. The summed E-state index contributed by atoms with van der Waals surface area (Å²) in [6.07, 6.45) is 12.7. The number of rotatable bonds is 7. The van der Waals surface area contributed by atoms with E-state index in [-0.39, 0.29) is 12.1 Å². The van der Waals surface area contributed by atoms with Crippen LogP contribution in [0, 0.1) is 11.3 Å². The molecule has 202 valence electrons. The maximum atomic E-state index is 13.4. The van der Waals surface area contributed by atoms with Gasteiger partial charge in [0, 0.05) is 47.2 Å². The van der Waals surface area contributed by atoms with Gasteiger partial charge in [-0.2, -0.15) is 20.4 Å². The summed E-state index contributed by atoms with van der Waals surface area (Å²) in [5.74, 6) is 0.372. The van der Waals surface area contributed by atoms with Crippen molar-refractivity contribution in [2.75, 3.05) is 30.4 Å². The Morgan fingerprint density at radius 1 is 1.15 bits per heavy atom. The third kappa shape index (κ3) is 5.16. The molecule has 1 aliphatic carbocycles. The van der Waals surface area contributed by atoms with Gasteiger partial charge in [0.2, 0.25) is 5.95 Å². The SMILES string of the molecule is CN(c1ccc(Nc2ncc3cc(C#N)c(=O)n(Cc4cnncc4C4=CCCC4)c3n2)cc1)C1CCNCC1. The Hall–Kier alpha value is -4.62. The van der Waals surface area contributed by atoms with Gasteiger partial charge < -0.3 is 15.5 Å². The average Bonchev–Trinajstić information content (AvgIpc) is 3.54. The van der Waals surface area contributed by atoms with E-state index in [1.807, 2.05) is 18.2 Å². The molecule has 0 saturated carbocycles. The molecule has 1 aliphatic heterocycles. The summed E-state index contributed by atoms with van der Waals surface area (Å²) in [5, 5.41) is 25.1. The minimum Gasteiger partial charge on any atom is -0.372 e. The first-order valence-electron chi connectivity index (χ1n) is 13.7. The molecular formula is C30H31N9O. The lowest BCUT2D eigenvalue weighted by Gasteiger charge is -2.33. The molecule has 1 fully saturated rings. The zero-order valence-electron chi connectivity index (χ0n) is 22.5. The summed E-state index contributed by atoms with van der Waals surface area (Å²) in [7, 11) is 2.15. The molecule has 3 aromatic heterocycles. The van der Waals surface area contributed by atoms with Crippen molar-refractivity contribution in [3.05, 3.63) is 82.0 Å². The number of pyridine rings is 1. The number of nitriles is 1. The van der Waals surface area contributed by atoms with Crippen molar-refractivity contribution in [3.8, 4) is 6.07 Å². The minimum atomic E-state index is -0.395. The van der Waals surface area contributed by atoms with Gasteiger partial charge in [-0.05, 0) is 81.1 Å². The monoisotopic (exact) mass is 533 g/mol. The molecule has 6 rings (SSSR count). The molecule has 10 heteroatoms. The fraction of sp³-hybridized carbons (Fsp3) is 0.333. The summed E-state index contributed by atoms with van der Waals surface area (Å²) >= 11 is 0. The fourth-order valence-corrected chi connectivity index (χ4v) is 5.61. The van der Waals surface area contributed by atoms with Crippen LogP contribution in [0.1, 0.15) is 48.8 Å². The van der Waals surface area contributed by atoms with Gasteiger partial charge in [-0.15, -0.1) is 0 Å². The molecule has 2 N–H and O–H groups in total. The normalized spacial score (nSPS) is 15.6. The summed E-state index contributed by atoms with van der Waals surface area (Å²) in [6, 6.07) is 12.3. The number of fused-ring (bicyclic) bond motifs is 1. The quantitative estimate of drug-likeness (QED) is 0.363. The standard InChI is InChI=1S/C30H31N9O/c1-38(26-10-12-32-13-11-26)25-8-6-24(7-9-25)36-30-33-16-22-14-21(15-31)29(40)39(28(22)37-30)19-23-17-34-35-18-27(23)20-4-2-3-5-20/h4,6-9,14,16-18,26,32H,2-3,5,10-13,19H2,1H3,(H,33,36,37). The molecule has 0 bridgehead atoms. The van der Waals surface area contributed by atoms with Gasteiger partial charge in [-0.3, -0.25) is 9.36 Å². The predicted molar refractivity (Wildman–Crippen MR) is 155 cm³/mol. The molecule has 2 aliphatic rings. The molecule has 0 spiro atoms. The molecule has 0 unspecified atom stereocenters. The van der Waals surface area contributed by atoms with Gasteiger partial charge in [0.15, 0.2) is 0 Å². The smallest absolute Gasteiger partial charge is 0.270 e. The first-order valence-corrected chi connectivity index (χ1v) is 13.7. The highest BCUT2D eigenvalue weighted by Crippen LogP contribution is 2.30. The summed E-state index contributed by atoms with van der Waals surface area (Å²) in [5.41, 5.74) is 5.17. The average molecular weight is 534 g/mol. The van der Waals surface area contributed by atoms with E-state index in [9.17, 15) is 10.1 Å². The van der Waals surface area contributed by atoms with E-state index in [0.29, 0.717) is 23.0 Å². The van der Waals surface area contributed by atoms with Crippen molar-refractivity contribution < 1.29 is 0 Å². The Balaban J connectivity index is 1.31. The number of piperidine rings is 1. The molecule has 0 amide bonds. The molecule has 0 radical (unpaired) electrons. The molecular weight excluding hydrogens is 502 g/mol. The third-order valence-corrected chi connectivity index (χ3v) is 7.86. The van der Waals surface area contributed by atoms with Gasteiger partial charge in [0.1, 0.15) is 17.3 Å². The Morgan fingerprint density at radius 3 is 2.70 bits per heavy atom. The fourth-order valence-electron chi connectivity index (χ4n) is 5.61. The van der Waals surface area contributed by atoms with Crippen LogP contribution in [0.4, 0.5) is 17.3 Å². The lowest BCUT2D eigenvalue weighted by atomic mass is 10.0. The van der Waals surface area contributed by atoms with E-state index >= 15 is 0 Å². The number of allylic oxidation sites excluding steroid dienone is 2. The van der Waals surface area contributed by atoms with Crippen molar-refractivity contribution in [1.82, 2.24) is 30.0 Å². The number of hydrogen-bond donors (Lipinski definition) is 2. The summed E-state index contributed by atoms with van der Waals surface area (Å²) < 4.78 is 1.54. The van der Waals surface area contributed by atoms with E-state index in [1.165, 1.54) is 10.1 Å². The van der Waals surface area contributed by atoms with Crippen LogP contribution < -0.4 is 21.1 Å². The van der Waals surface area contributed by atoms with Gasteiger partial charge >= 0.3 is 0 Å². The van der Waals surface area contributed by atoms with E-state index < -0.39 is 5.56 Å². The van der Waals surface area contributed by atoms with Crippen LogP contribution in [0.5, 0.6) is 0 Å². The largest absolute Gasteiger partial charge is 0.372 e. The van der Waals surface area contributed by atoms with E-state index in [1.54, 1.807) is 24.7 Å². The first-order chi connectivity index (χ1) is 19.6. The number of nitrogens with zero attached hydrogens (tertiary/aromatic N) is 7. The molecule has 0 atom stereocenters. The Morgan fingerprint density at radius 2 is 1.95 bits per heavy atom. The Labute approximate surface area is 232 Å². The van der Waals surface area contributed by atoms with E-state index in [2.05, 4.69) is 56.0 Å². The molecule has 4 heterocycles. The van der Waals surface area contributed by atoms with Crippen LogP contribution in [0.2, 0.25) is 0 Å². The van der Waals surface area contributed by atoms with Crippen molar-refractivity contribution in [1.29, 1.82) is 5.26 Å².